The number of rotatable bonds is 6. The van der Waals surface area contributed by atoms with Crippen LogP contribution in [-0.2, 0) is 6.54 Å². The first kappa shape index (κ1) is 14.8. The number of nitrogens with zero attached hydrogens (tertiary/aromatic N) is 1. The maximum absolute atomic E-state index is 5.23. The largest absolute Gasteiger partial charge is 0.496 e. The van der Waals surface area contributed by atoms with E-state index >= 15 is 0 Å². The predicted octanol–water partition coefficient (Wildman–Crippen LogP) is 1.45. The lowest BCUT2D eigenvalue weighted by molar-refractivity contribution is 0.241. The molecule has 0 saturated carbocycles. The molecule has 0 spiro atoms. The third-order valence-corrected chi connectivity index (χ3v) is 3.98. The van der Waals surface area contributed by atoms with Gasteiger partial charge in [0.15, 0.2) is 0 Å². The Morgan fingerprint density at radius 3 is 2.84 bits per heavy atom. The second kappa shape index (κ2) is 7.85. The van der Waals surface area contributed by atoms with E-state index in [1.165, 1.54) is 5.56 Å². The van der Waals surface area contributed by atoms with Gasteiger partial charge in [-0.05, 0) is 33.6 Å². The molecule has 1 aliphatic heterocycles. The molecule has 0 aromatic heterocycles. The maximum Gasteiger partial charge on any atom is 0.133 e. The van der Waals surface area contributed by atoms with Crippen LogP contribution in [0.5, 0.6) is 5.75 Å². The predicted molar refractivity (Wildman–Crippen MR) is 81.7 cm³/mol. The summed E-state index contributed by atoms with van der Waals surface area (Å²) in [4.78, 5) is 2.49. The van der Waals surface area contributed by atoms with Gasteiger partial charge in [-0.3, -0.25) is 4.90 Å². The van der Waals surface area contributed by atoms with Gasteiger partial charge < -0.3 is 15.4 Å². The molecule has 106 valence electrons. The van der Waals surface area contributed by atoms with Gasteiger partial charge in [0.1, 0.15) is 5.75 Å². The summed E-state index contributed by atoms with van der Waals surface area (Å²) in [5.74, 6) is 0.879. The molecule has 0 atom stereocenters. The second-order valence-corrected chi connectivity index (χ2v) is 5.59. The molecule has 2 N–H and O–H groups in total. The van der Waals surface area contributed by atoms with Crippen molar-refractivity contribution >= 4 is 15.9 Å². The first-order valence-electron chi connectivity index (χ1n) is 6.76. The van der Waals surface area contributed by atoms with Gasteiger partial charge in [-0.2, -0.15) is 0 Å². The average Bonchev–Trinajstić information content (AvgIpc) is 2.45. The highest BCUT2D eigenvalue weighted by atomic mass is 79.9. The Bertz CT molecular complexity index is 394. The highest BCUT2D eigenvalue weighted by Gasteiger charge is 2.08. The van der Waals surface area contributed by atoms with Crippen LogP contribution in [0, 0.1) is 0 Å². The lowest BCUT2D eigenvalue weighted by Gasteiger charge is -2.27. The molecule has 19 heavy (non-hydrogen) atoms. The molecule has 0 radical (unpaired) electrons. The van der Waals surface area contributed by atoms with Crippen molar-refractivity contribution < 1.29 is 4.74 Å². The molecule has 1 aliphatic rings. The SMILES string of the molecule is COc1ccc(CNCCN2CCNCC2)cc1Br. The van der Waals surface area contributed by atoms with Gasteiger partial charge in [0, 0.05) is 45.8 Å². The molecule has 1 aromatic rings. The summed E-state index contributed by atoms with van der Waals surface area (Å²) in [5, 5.41) is 6.86. The van der Waals surface area contributed by atoms with Crippen molar-refractivity contribution in [1.82, 2.24) is 15.5 Å². The van der Waals surface area contributed by atoms with Gasteiger partial charge in [0.05, 0.1) is 11.6 Å². The van der Waals surface area contributed by atoms with Crippen molar-refractivity contribution in [2.45, 2.75) is 6.54 Å². The Balaban J connectivity index is 1.69. The van der Waals surface area contributed by atoms with Gasteiger partial charge >= 0.3 is 0 Å². The summed E-state index contributed by atoms with van der Waals surface area (Å²) in [5.41, 5.74) is 1.27. The zero-order chi connectivity index (χ0) is 13.5. The molecule has 1 aromatic carbocycles. The van der Waals surface area contributed by atoms with Crippen LogP contribution in [0.1, 0.15) is 5.56 Å². The number of halogens is 1. The van der Waals surface area contributed by atoms with E-state index in [4.69, 9.17) is 4.74 Å². The highest BCUT2D eigenvalue weighted by Crippen LogP contribution is 2.25. The number of ether oxygens (including phenoxy) is 1. The fourth-order valence-electron chi connectivity index (χ4n) is 2.22. The van der Waals surface area contributed by atoms with Gasteiger partial charge in [-0.15, -0.1) is 0 Å². The van der Waals surface area contributed by atoms with E-state index < -0.39 is 0 Å². The first-order chi connectivity index (χ1) is 9.29. The fraction of sp³-hybridized carbons (Fsp3) is 0.571. The minimum Gasteiger partial charge on any atom is -0.496 e. The fourth-order valence-corrected chi connectivity index (χ4v) is 2.81. The van der Waals surface area contributed by atoms with Crippen molar-refractivity contribution in [2.24, 2.45) is 0 Å². The summed E-state index contributed by atoms with van der Waals surface area (Å²) in [6, 6.07) is 6.20. The Morgan fingerprint density at radius 2 is 2.16 bits per heavy atom. The van der Waals surface area contributed by atoms with Crippen molar-refractivity contribution in [3.63, 3.8) is 0 Å². The van der Waals surface area contributed by atoms with Crippen LogP contribution in [0.2, 0.25) is 0 Å². The quantitative estimate of drug-likeness (QED) is 0.775. The summed E-state index contributed by atoms with van der Waals surface area (Å²) < 4.78 is 6.24. The third kappa shape index (κ3) is 4.76. The zero-order valence-electron chi connectivity index (χ0n) is 11.4. The molecule has 0 aliphatic carbocycles. The molecular formula is C14H22BrN3O. The first-order valence-corrected chi connectivity index (χ1v) is 7.55. The lowest BCUT2D eigenvalue weighted by Crippen LogP contribution is -2.45. The minimum atomic E-state index is 0.879. The Hall–Kier alpha value is -0.620. The number of benzene rings is 1. The molecule has 2 rings (SSSR count). The molecule has 0 bridgehead atoms. The van der Waals surface area contributed by atoms with E-state index in [9.17, 15) is 0 Å². The number of hydrogen-bond acceptors (Lipinski definition) is 4. The van der Waals surface area contributed by atoms with Gasteiger partial charge in [0.2, 0.25) is 0 Å². The lowest BCUT2D eigenvalue weighted by atomic mass is 10.2. The average molecular weight is 328 g/mol. The smallest absolute Gasteiger partial charge is 0.133 e. The zero-order valence-corrected chi connectivity index (χ0v) is 13.0. The van der Waals surface area contributed by atoms with Crippen LogP contribution in [-0.4, -0.2) is 51.3 Å². The Labute approximate surface area is 123 Å². The van der Waals surface area contributed by atoms with Gasteiger partial charge in [-0.1, -0.05) is 6.07 Å². The van der Waals surface area contributed by atoms with Gasteiger partial charge in [0.25, 0.3) is 0 Å². The minimum absolute atomic E-state index is 0.879. The second-order valence-electron chi connectivity index (χ2n) is 4.74. The van der Waals surface area contributed by atoms with E-state index in [1.54, 1.807) is 7.11 Å². The molecule has 4 nitrogen and oxygen atoms in total. The molecule has 5 heteroatoms. The van der Waals surface area contributed by atoms with Crippen LogP contribution in [0.25, 0.3) is 0 Å². The van der Waals surface area contributed by atoms with Crippen LogP contribution >= 0.6 is 15.9 Å². The number of methoxy groups -OCH3 is 1. The Kier molecular flexibility index (Phi) is 6.10. The molecular weight excluding hydrogens is 306 g/mol. The summed E-state index contributed by atoms with van der Waals surface area (Å²) in [6.07, 6.45) is 0. The van der Waals surface area contributed by atoms with Crippen LogP contribution in [0.15, 0.2) is 22.7 Å². The monoisotopic (exact) mass is 327 g/mol. The summed E-state index contributed by atoms with van der Waals surface area (Å²) >= 11 is 3.51. The molecule has 1 heterocycles. The van der Waals surface area contributed by atoms with Crippen molar-refractivity contribution in [3.05, 3.63) is 28.2 Å². The van der Waals surface area contributed by atoms with Crippen molar-refractivity contribution in [3.8, 4) is 5.75 Å². The summed E-state index contributed by atoms with van der Waals surface area (Å²) in [7, 11) is 1.69. The van der Waals surface area contributed by atoms with E-state index in [2.05, 4.69) is 43.6 Å². The van der Waals surface area contributed by atoms with Crippen molar-refractivity contribution in [1.29, 1.82) is 0 Å². The summed E-state index contributed by atoms with van der Waals surface area (Å²) in [6.45, 7) is 7.61. The number of piperazine rings is 1. The standard InChI is InChI=1S/C14H22BrN3O/c1-19-14-3-2-12(10-13(14)15)11-17-6-9-18-7-4-16-5-8-18/h2-3,10,16-17H,4-9,11H2,1H3. The molecule has 1 saturated heterocycles. The van der Waals surface area contributed by atoms with E-state index in [0.717, 1.165) is 56.0 Å². The Morgan fingerprint density at radius 1 is 1.37 bits per heavy atom. The maximum atomic E-state index is 5.23. The normalized spacial score (nSPS) is 16.5. The molecule has 1 fully saturated rings. The third-order valence-electron chi connectivity index (χ3n) is 3.36. The van der Waals surface area contributed by atoms with Crippen molar-refractivity contribution in [2.75, 3.05) is 46.4 Å². The topological polar surface area (TPSA) is 36.5 Å². The number of hydrogen-bond donors (Lipinski definition) is 2. The van der Waals surface area contributed by atoms with Crippen LogP contribution in [0.3, 0.4) is 0 Å². The van der Waals surface area contributed by atoms with E-state index in [-0.39, 0.29) is 0 Å². The molecule has 0 unspecified atom stereocenters. The van der Waals surface area contributed by atoms with Crippen LogP contribution in [0.4, 0.5) is 0 Å². The van der Waals surface area contributed by atoms with E-state index in [1.807, 2.05) is 6.07 Å². The highest BCUT2D eigenvalue weighted by molar-refractivity contribution is 9.10. The van der Waals surface area contributed by atoms with Gasteiger partial charge in [-0.25, -0.2) is 0 Å². The number of nitrogens with one attached hydrogen (secondary N) is 2. The van der Waals surface area contributed by atoms with E-state index in [0.29, 0.717) is 0 Å². The molecule has 0 amide bonds. The van der Waals surface area contributed by atoms with Crippen LogP contribution < -0.4 is 15.4 Å².